The Hall–Kier alpha value is -2.46. The Morgan fingerprint density at radius 3 is 2.56 bits per heavy atom. The van der Waals surface area contributed by atoms with Crippen LogP contribution < -0.4 is 4.74 Å². The lowest BCUT2D eigenvalue weighted by atomic mass is 10.0. The third kappa shape index (κ3) is 6.04. The predicted octanol–water partition coefficient (Wildman–Crippen LogP) is 4.47. The minimum Gasteiger partial charge on any atom is -0.494 e. The van der Waals surface area contributed by atoms with E-state index in [0.717, 1.165) is 36.6 Å². The van der Waals surface area contributed by atoms with Crippen LogP contribution in [-0.4, -0.2) is 41.9 Å². The topological polar surface area (TPSA) is 42.4 Å². The number of aromatic nitrogens is 1. The van der Waals surface area contributed by atoms with Crippen molar-refractivity contribution in [3.8, 4) is 5.75 Å². The molecule has 0 aliphatic carbocycles. The van der Waals surface area contributed by atoms with Crippen molar-refractivity contribution in [3.05, 3.63) is 59.9 Å². The lowest BCUT2D eigenvalue weighted by Gasteiger charge is -2.26. The normalized spacial score (nSPS) is 15.5. The molecule has 1 aromatic heterocycles. The first-order chi connectivity index (χ1) is 13.2. The molecule has 0 amide bonds. The molecule has 0 radical (unpaired) electrons. The SMILES string of the molecule is CC(=O)C(=Cc1ccccn1)c1ccc(OCCCN2CCCCC2)cc1. The van der Waals surface area contributed by atoms with Crippen molar-refractivity contribution in [1.82, 2.24) is 9.88 Å². The summed E-state index contributed by atoms with van der Waals surface area (Å²) < 4.78 is 5.87. The van der Waals surface area contributed by atoms with Gasteiger partial charge in [0.1, 0.15) is 5.75 Å². The van der Waals surface area contributed by atoms with E-state index in [2.05, 4.69) is 9.88 Å². The van der Waals surface area contributed by atoms with Gasteiger partial charge in [-0.05, 0) is 75.2 Å². The van der Waals surface area contributed by atoms with Gasteiger partial charge in [0.15, 0.2) is 5.78 Å². The summed E-state index contributed by atoms with van der Waals surface area (Å²) >= 11 is 0. The number of ether oxygens (including phenoxy) is 1. The molecule has 2 heterocycles. The number of carbonyl (C=O) groups excluding carboxylic acids is 1. The second kappa shape index (κ2) is 10.0. The first kappa shape index (κ1) is 19.3. The molecule has 0 bridgehead atoms. The van der Waals surface area contributed by atoms with Crippen LogP contribution in [-0.2, 0) is 4.79 Å². The molecule has 1 saturated heterocycles. The zero-order valence-corrected chi connectivity index (χ0v) is 16.1. The van der Waals surface area contributed by atoms with E-state index in [4.69, 9.17) is 4.74 Å². The van der Waals surface area contributed by atoms with Crippen LogP contribution in [0.25, 0.3) is 11.6 Å². The summed E-state index contributed by atoms with van der Waals surface area (Å²) in [5.74, 6) is 0.869. The monoisotopic (exact) mass is 364 g/mol. The highest BCUT2D eigenvalue weighted by Crippen LogP contribution is 2.22. The maximum atomic E-state index is 12.1. The summed E-state index contributed by atoms with van der Waals surface area (Å²) in [6.07, 6.45) is 8.62. The first-order valence-electron chi connectivity index (χ1n) is 9.81. The van der Waals surface area contributed by atoms with E-state index in [9.17, 15) is 4.79 Å². The lowest BCUT2D eigenvalue weighted by molar-refractivity contribution is -0.111. The Bertz CT molecular complexity index is 748. The van der Waals surface area contributed by atoms with Crippen LogP contribution in [0.15, 0.2) is 48.7 Å². The van der Waals surface area contributed by atoms with Crippen LogP contribution in [0.2, 0.25) is 0 Å². The highest BCUT2D eigenvalue weighted by atomic mass is 16.5. The molecular formula is C23H28N2O2. The fraction of sp³-hybridized carbons (Fsp3) is 0.391. The van der Waals surface area contributed by atoms with Crippen LogP contribution in [0.3, 0.4) is 0 Å². The van der Waals surface area contributed by atoms with Crippen molar-refractivity contribution >= 4 is 17.4 Å². The molecule has 0 saturated carbocycles. The fourth-order valence-corrected chi connectivity index (χ4v) is 3.39. The third-order valence-corrected chi connectivity index (χ3v) is 4.86. The van der Waals surface area contributed by atoms with Gasteiger partial charge in [-0.3, -0.25) is 9.78 Å². The summed E-state index contributed by atoms with van der Waals surface area (Å²) in [7, 11) is 0. The number of carbonyl (C=O) groups is 1. The average Bonchev–Trinajstić information content (AvgIpc) is 2.71. The van der Waals surface area contributed by atoms with Crippen molar-refractivity contribution in [1.29, 1.82) is 0 Å². The third-order valence-electron chi connectivity index (χ3n) is 4.86. The van der Waals surface area contributed by atoms with Gasteiger partial charge in [-0.25, -0.2) is 0 Å². The molecule has 1 fully saturated rings. The van der Waals surface area contributed by atoms with Crippen LogP contribution in [0, 0.1) is 0 Å². The zero-order chi connectivity index (χ0) is 18.9. The minimum atomic E-state index is 0.0239. The van der Waals surface area contributed by atoms with E-state index < -0.39 is 0 Å². The van der Waals surface area contributed by atoms with Crippen molar-refractivity contribution in [2.75, 3.05) is 26.2 Å². The number of Topliss-reactive ketones (excluding diaryl/α,β-unsaturated/α-hetero) is 1. The van der Waals surface area contributed by atoms with E-state index in [1.54, 1.807) is 13.1 Å². The number of ketones is 1. The first-order valence-corrected chi connectivity index (χ1v) is 9.81. The van der Waals surface area contributed by atoms with Gasteiger partial charge in [-0.1, -0.05) is 24.6 Å². The quantitative estimate of drug-likeness (QED) is 0.512. The molecular weight excluding hydrogens is 336 g/mol. The Kier molecular flexibility index (Phi) is 7.17. The molecule has 3 rings (SSSR count). The maximum absolute atomic E-state index is 12.1. The largest absolute Gasteiger partial charge is 0.494 e. The van der Waals surface area contributed by atoms with Crippen LogP contribution >= 0.6 is 0 Å². The number of pyridine rings is 1. The van der Waals surface area contributed by atoms with Gasteiger partial charge in [0.2, 0.25) is 0 Å². The van der Waals surface area contributed by atoms with Crippen molar-refractivity contribution in [3.63, 3.8) is 0 Å². The van der Waals surface area contributed by atoms with Crippen molar-refractivity contribution in [2.24, 2.45) is 0 Å². The molecule has 4 nitrogen and oxygen atoms in total. The number of hydrogen-bond donors (Lipinski definition) is 0. The summed E-state index contributed by atoms with van der Waals surface area (Å²) in [6.45, 7) is 5.87. The fourth-order valence-electron chi connectivity index (χ4n) is 3.39. The molecule has 142 valence electrons. The van der Waals surface area contributed by atoms with Gasteiger partial charge in [0.05, 0.1) is 12.3 Å². The number of allylic oxidation sites excluding steroid dienone is 1. The Balaban J connectivity index is 1.55. The summed E-state index contributed by atoms with van der Waals surface area (Å²) in [4.78, 5) is 18.9. The smallest absolute Gasteiger partial charge is 0.160 e. The summed E-state index contributed by atoms with van der Waals surface area (Å²) in [5.41, 5.74) is 2.32. The zero-order valence-electron chi connectivity index (χ0n) is 16.1. The van der Waals surface area contributed by atoms with Gasteiger partial charge in [0.25, 0.3) is 0 Å². The number of hydrogen-bond acceptors (Lipinski definition) is 4. The number of likely N-dealkylation sites (tertiary alicyclic amines) is 1. The van der Waals surface area contributed by atoms with Gasteiger partial charge >= 0.3 is 0 Å². The van der Waals surface area contributed by atoms with Gasteiger partial charge in [-0.2, -0.15) is 0 Å². The maximum Gasteiger partial charge on any atom is 0.160 e. The molecule has 1 aliphatic heterocycles. The van der Waals surface area contributed by atoms with E-state index in [1.807, 2.05) is 48.5 Å². The number of piperidine rings is 1. The molecule has 4 heteroatoms. The van der Waals surface area contributed by atoms with E-state index in [0.29, 0.717) is 5.57 Å². The number of benzene rings is 1. The molecule has 0 spiro atoms. The number of rotatable bonds is 8. The Labute approximate surface area is 161 Å². The van der Waals surface area contributed by atoms with E-state index in [1.165, 1.54) is 32.4 Å². The second-order valence-electron chi connectivity index (χ2n) is 7.00. The molecule has 2 aromatic rings. The highest BCUT2D eigenvalue weighted by molar-refractivity contribution is 6.24. The van der Waals surface area contributed by atoms with Crippen LogP contribution in [0.4, 0.5) is 0 Å². The van der Waals surface area contributed by atoms with Crippen molar-refractivity contribution in [2.45, 2.75) is 32.6 Å². The van der Waals surface area contributed by atoms with Gasteiger partial charge in [-0.15, -0.1) is 0 Å². The predicted molar refractivity (Wildman–Crippen MR) is 110 cm³/mol. The molecule has 0 unspecified atom stereocenters. The molecule has 0 atom stereocenters. The molecule has 1 aromatic carbocycles. The Morgan fingerprint density at radius 1 is 1.11 bits per heavy atom. The van der Waals surface area contributed by atoms with Gasteiger partial charge in [0, 0.05) is 18.3 Å². The average molecular weight is 364 g/mol. The van der Waals surface area contributed by atoms with Crippen LogP contribution in [0.5, 0.6) is 5.75 Å². The second-order valence-corrected chi connectivity index (χ2v) is 7.00. The Morgan fingerprint density at radius 2 is 1.89 bits per heavy atom. The lowest BCUT2D eigenvalue weighted by Crippen LogP contribution is -2.31. The summed E-state index contributed by atoms with van der Waals surface area (Å²) in [6, 6.07) is 13.4. The highest BCUT2D eigenvalue weighted by Gasteiger charge is 2.10. The van der Waals surface area contributed by atoms with Crippen molar-refractivity contribution < 1.29 is 9.53 Å². The molecule has 1 aliphatic rings. The molecule has 0 N–H and O–H groups in total. The van der Waals surface area contributed by atoms with E-state index in [-0.39, 0.29) is 5.78 Å². The van der Waals surface area contributed by atoms with E-state index >= 15 is 0 Å². The standard InChI is InChI=1S/C23H28N2O2/c1-19(26)23(18-21-8-3-4-13-24-21)20-9-11-22(12-10-20)27-17-7-16-25-14-5-2-6-15-25/h3-4,8-13,18H,2,5-7,14-17H2,1H3. The minimum absolute atomic E-state index is 0.0239. The number of nitrogens with zero attached hydrogens (tertiary/aromatic N) is 2. The van der Waals surface area contributed by atoms with Crippen LogP contribution in [0.1, 0.15) is 43.9 Å². The van der Waals surface area contributed by atoms with Gasteiger partial charge < -0.3 is 9.64 Å². The molecule has 27 heavy (non-hydrogen) atoms. The summed E-state index contributed by atoms with van der Waals surface area (Å²) in [5, 5.41) is 0.